The number of para-hydroxylation sites is 3. The number of benzene rings is 2. The van der Waals surface area contributed by atoms with E-state index < -0.39 is 0 Å². The number of halogens is 1. The molecule has 0 bridgehead atoms. The molecular formula is C23H31IN6O2. The zero-order valence-corrected chi connectivity index (χ0v) is 20.8. The maximum atomic E-state index is 12.1. The van der Waals surface area contributed by atoms with Crippen LogP contribution in [0.1, 0.15) is 29.5 Å². The molecule has 0 aliphatic rings. The summed E-state index contributed by atoms with van der Waals surface area (Å²) in [4.78, 5) is 21.3. The van der Waals surface area contributed by atoms with E-state index in [4.69, 9.17) is 0 Å². The van der Waals surface area contributed by atoms with Gasteiger partial charge in [-0.3, -0.25) is 9.79 Å². The topological polar surface area (TPSA) is 104 Å². The standard InChI is InChI=1S/C23H30N6O2.HI/c1-3-24-23(27-15-14-25-22(31)18-9-4-7-12-21(18)30)26-13-8-16-29-17(2)28-19-10-5-6-11-20(19)29;/h4-7,9-12,30H,3,8,13-16H2,1-2H3,(H,25,31)(H2,24,26,27);1H. The van der Waals surface area contributed by atoms with Gasteiger partial charge in [0.25, 0.3) is 5.91 Å². The van der Waals surface area contributed by atoms with E-state index in [1.165, 1.54) is 6.07 Å². The van der Waals surface area contributed by atoms with Gasteiger partial charge in [0.2, 0.25) is 0 Å². The third kappa shape index (κ3) is 6.84. The Balaban J connectivity index is 0.00000363. The first-order valence-electron chi connectivity index (χ1n) is 10.6. The van der Waals surface area contributed by atoms with Gasteiger partial charge in [-0.05, 0) is 44.5 Å². The van der Waals surface area contributed by atoms with Gasteiger partial charge in [-0.2, -0.15) is 0 Å². The lowest BCUT2D eigenvalue weighted by atomic mass is 10.2. The molecule has 0 aliphatic heterocycles. The molecule has 0 spiro atoms. The fourth-order valence-corrected chi connectivity index (χ4v) is 3.36. The predicted molar refractivity (Wildman–Crippen MR) is 139 cm³/mol. The van der Waals surface area contributed by atoms with Crippen LogP contribution in [0.4, 0.5) is 0 Å². The smallest absolute Gasteiger partial charge is 0.255 e. The van der Waals surface area contributed by atoms with Gasteiger partial charge in [-0.15, -0.1) is 24.0 Å². The molecule has 1 aromatic heterocycles. The van der Waals surface area contributed by atoms with Crippen molar-refractivity contribution in [3.8, 4) is 5.75 Å². The summed E-state index contributed by atoms with van der Waals surface area (Å²) in [6.07, 6.45) is 0.891. The fraction of sp³-hybridized carbons (Fsp3) is 0.348. The summed E-state index contributed by atoms with van der Waals surface area (Å²) in [6, 6.07) is 14.6. The van der Waals surface area contributed by atoms with Crippen LogP contribution in [0.15, 0.2) is 53.5 Å². The van der Waals surface area contributed by atoms with Gasteiger partial charge in [-0.25, -0.2) is 4.98 Å². The van der Waals surface area contributed by atoms with E-state index in [0.717, 1.165) is 36.4 Å². The van der Waals surface area contributed by atoms with Crippen molar-refractivity contribution in [2.45, 2.75) is 26.8 Å². The molecule has 3 rings (SSSR count). The molecule has 1 amide bonds. The summed E-state index contributed by atoms with van der Waals surface area (Å²) < 4.78 is 2.22. The molecule has 0 unspecified atom stereocenters. The molecular weight excluding hydrogens is 519 g/mol. The van der Waals surface area contributed by atoms with E-state index >= 15 is 0 Å². The van der Waals surface area contributed by atoms with Gasteiger partial charge in [0.1, 0.15) is 11.6 Å². The van der Waals surface area contributed by atoms with Crippen LogP contribution in [0, 0.1) is 6.92 Å². The molecule has 2 aromatic carbocycles. The SMILES string of the molecule is CCNC(=NCCCn1c(C)nc2ccccc21)NCCNC(=O)c1ccccc1O.I. The average molecular weight is 550 g/mol. The lowest BCUT2D eigenvalue weighted by molar-refractivity contribution is 0.0951. The highest BCUT2D eigenvalue weighted by Gasteiger charge is 2.09. The van der Waals surface area contributed by atoms with Gasteiger partial charge in [0.05, 0.1) is 16.6 Å². The minimum atomic E-state index is -0.301. The number of nitrogens with zero attached hydrogens (tertiary/aromatic N) is 3. The zero-order chi connectivity index (χ0) is 22.1. The number of aromatic hydroxyl groups is 1. The summed E-state index contributed by atoms with van der Waals surface area (Å²) in [7, 11) is 0. The second-order valence-electron chi connectivity index (χ2n) is 7.11. The highest BCUT2D eigenvalue weighted by Crippen LogP contribution is 2.16. The number of fused-ring (bicyclic) bond motifs is 1. The van der Waals surface area contributed by atoms with Crippen molar-refractivity contribution >= 4 is 46.9 Å². The van der Waals surface area contributed by atoms with E-state index in [1.54, 1.807) is 18.2 Å². The number of aryl methyl sites for hydroxylation is 2. The number of phenolic OH excluding ortho intramolecular Hbond substituents is 1. The van der Waals surface area contributed by atoms with Crippen LogP contribution in [0.25, 0.3) is 11.0 Å². The number of carbonyl (C=O) groups is 1. The van der Waals surface area contributed by atoms with Gasteiger partial charge in [-0.1, -0.05) is 24.3 Å². The third-order valence-electron chi connectivity index (χ3n) is 4.85. The number of carbonyl (C=O) groups excluding carboxylic acids is 1. The van der Waals surface area contributed by atoms with Gasteiger partial charge < -0.3 is 25.6 Å². The number of rotatable bonds is 9. The highest BCUT2D eigenvalue weighted by atomic mass is 127. The first-order valence-corrected chi connectivity index (χ1v) is 10.6. The number of aromatic nitrogens is 2. The van der Waals surface area contributed by atoms with E-state index in [9.17, 15) is 9.90 Å². The Morgan fingerprint density at radius 2 is 1.78 bits per heavy atom. The van der Waals surface area contributed by atoms with Crippen molar-refractivity contribution in [3.05, 3.63) is 59.9 Å². The van der Waals surface area contributed by atoms with Gasteiger partial charge in [0.15, 0.2) is 5.96 Å². The minimum absolute atomic E-state index is 0. The number of nitrogens with one attached hydrogen (secondary N) is 3. The largest absolute Gasteiger partial charge is 0.507 e. The van der Waals surface area contributed by atoms with Gasteiger partial charge >= 0.3 is 0 Å². The molecule has 0 radical (unpaired) electrons. The normalized spacial score (nSPS) is 11.1. The maximum Gasteiger partial charge on any atom is 0.255 e. The third-order valence-corrected chi connectivity index (χ3v) is 4.85. The lowest BCUT2D eigenvalue weighted by Crippen LogP contribution is -2.41. The minimum Gasteiger partial charge on any atom is -0.507 e. The van der Waals surface area contributed by atoms with Crippen LogP contribution in [-0.4, -0.2) is 52.7 Å². The van der Waals surface area contributed by atoms with E-state index in [-0.39, 0.29) is 41.2 Å². The molecule has 172 valence electrons. The Labute approximate surface area is 205 Å². The molecule has 3 aromatic rings. The molecule has 8 nitrogen and oxygen atoms in total. The zero-order valence-electron chi connectivity index (χ0n) is 18.5. The Morgan fingerprint density at radius 3 is 2.56 bits per heavy atom. The van der Waals surface area contributed by atoms with E-state index in [0.29, 0.717) is 25.6 Å². The molecule has 1 heterocycles. The molecule has 9 heteroatoms. The molecule has 32 heavy (non-hydrogen) atoms. The quantitative estimate of drug-likeness (QED) is 0.142. The van der Waals surface area contributed by atoms with Crippen LogP contribution in [0.2, 0.25) is 0 Å². The molecule has 0 saturated carbocycles. The van der Waals surface area contributed by atoms with Crippen LogP contribution in [0.5, 0.6) is 5.75 Å². The Kier molecular flexibility index (Phi) is 10.3. The molecule has 0 fully saturated rings. The number of guanidine groups is 1. The number of aliphatic imine (C=N–C) groups is 1. The number of amides is 1. The summed E-state index contributed by atoms with van der Waals surface area (Å²) in [5.41, 5.74) is 2.43. The molecule has 4 N–H and O–H groups in total. The number of phenols is 1. The summed E-state index contributed by atoms with van der Waals surface area (Å²) in [5, 5.41) is 19.0. The van der Waals surface area contributed by atoms with Crippen LogP contribution >= 0.6 is 24.0 Å². The fourth-order valence-electron chi connectivity index (χ4n) is 3.36. The number of hydrogen-bond acceptors (Lipinski definition) is 4. The van der Waals surface area contributed by atoms with Crippen molar-refractivity contribution < 1.29 is 9.90 Å². The first-order chi connectivity index (χ1) is 15.1. The summed E-state index contributed by atoms with van der Waals surface area (Å²) >= 11 is 0. The van der Waals surface area contributed by atoms with E-state index in [2.05, 4.69) is 36.6 Å². The number of hydrogen-bond donors (Lipinski definition) is 4. The molecule has 0 atom stereocenters. The van der Waals surface area contributed by atoms with Gasteiger partial charge in [0, 0.05) is 32.7 Å². The van der Waals surface area contributed by atoms with Crippen LogP contribution in [-0.2, 0) is 6.54 Å². The van der Waals surface area contributed by atoms with Crippen molar-refractivity contribution in [1.82, 2.24) is 25.5 Å². The van der Waals surface area contributed by atoms with Crippen molar-refractivity contribution in [2.75, 3.05) is 26.2 Å². The Morgan fingerprint density at radius 1 is 1.06 bits per heavy atom. The molecule has 0 aliphatic carbocycles. The number of imidazole rings is 1. The second kappa shape index (κ2) is 12.9. The van der Waals surface area contributed by atoms with Crippen molar-refractivity contribution in [2.24, 2.45) is 4.99 Å². The maximum absolute atomic E-state index is 12.1. The average Bonchev–Trinajstić information content (AvgIpc) is 3.09. The van der Waals surface area contributed by atoms with Crippen LogP contribution < -0.4 is 16.0 Å². The summed E-state index contributed by atoms with van der Waals surface area (Å²) in [6.45, 7) is 7.25. The Bertz CT molecular complexity index is 1050. The lowest BCUT2D eigenvalue weighted by Gasteiger charge is -2.12. The monoisotopic (exact) mass is 550 g/mol. The second-order valence-corrected chi connectivity index (χ2v) is 7.11. The highest BCUT2D eigenvalue weighted by molar-refractivity contribution is 14.0. The summed E-state index contributed by atoms with van der Waals surface area (Å²) in [5.74, 6) is 1.40. The Hall–Kier alpha value is -2.82. The molecule has 0 saturated heterocycles. The first kappa shape index (κ1) is 25.4. The van der Waals surface area contributed by atoms with Crippen LogP contribution in [0.3, 0.4) is 0 Å². The van der Waals surface area contributed by atoms with Crippen molar-refractivity contribution in [3.63, 3.8) is 0 Å². The van der Waals surface area contributed by atoms with E-state index in [1.807, 2.05) is 32.0 Å². The van der Waals surface area contributed by atoms with Crippen molar-refractivity contribution in [1.29, 1.82) is 0 Å². The predicted octanol–water partition coefficient (Wildman–Crippen LogP) is 3.04.